The number of nitrogens with two attached hydrogens (primary N) is 1. The summed E-state index contributed by atoms with van der Waals surface area (Å²) < 4.78 is 25.1. The molecule has 0 saturated carbocycles. The number of phenolic OH excluding ortho intramolecular Hbond substituents is 1. The van der Waals surface area contributed by atoms with Crippen molar-refractivity contribution in [2.45, 2.75) is 19.4 Å². The fourth-order valence-electron chi connectivity index (χ4n) is 1.71. The third-order valence-corrected chi connectivity index (χ3v) is 4.23. The zero-order valence-corrected chi connectivity index (χ0v) is 12.7. The van der Waals surface area contributed by atoms with Crippen LogP contribution in [0.15, 0.2) is 24.3 Å². The number of rotatable bonds is 8. The van der Waals surface area contributed by atoms with Gasteiger partial charge in [-0.2, -0.15) is 0 Å². The van der Waals surface area contributed by atoms with Crippen molar-refractivity contribution in [1.29, 1.82) is 0 Å². The quantitative estimate of drug-likeness (QED) is 0.506. The third-order valence-electron chi connectivity index (χ3n) is 2.76. The first kappa shape index (κ1) is 17.4. The average Bonchev–Trinajstić information content (AvgIpc) is 2.40. The summed E-state index contributed by atoms with van der Waals surface area (Å²) in [6.07, 6.45) is 0.312. The van der Waals surface area contributed by atoms with Gasteiger partial charge in [0.25, 0.3) is 0 Å². The number of aromatic hydroxyl groups is 1. The Bertz CT molecular complexity index is 557. The van der Waals surface area contributed by atoms with Gasteiger partial charge in [0.1, 0.15) is 5.75 Å². The largest absolute Gasteiger partial charge is 0.508 e. The molecule has 0 unspecified atom stereocenters. The number of amides is 1. The van der Waals surface area contributed by atoms with E-state index in [2.05, 4.69) is 10.0 Å². The van der Waals surface area contributed by atoms with Crippen LogP contribution in [0.5, 0.6) is 5.75 Å². The Hall–Kier alpha value is -1.64. The Balaban J connectivity index is 2.39. The van der Waals surface area contributed by atoms with Gasteiger partial charge in [0, 0.05) is 13.1 Å². The highest BCUT2D eigenvalue weighted by Crippen LogP contribution is 2.10. The molecule has 1 atom stereocenters. The van der Waals surface area contributed by atoms with E-state index in [1.807, 2.05) is 0 Å². The lowest BCUT2D eigenvalue weighted by Crippen LogP contribution is -2.44. The minimum atomic E-state index is -3.35. The molecule has 1 aromatic carbocycles. The van der Waals surface area contributed by atoms with Crippen molar-refractivity contribution >= 4 is 15.9 Å². The maximum Gasteiger partial charge on any atom is 0.237 e. The Morgan fingerprint density at radius 1 is 1.33 bits per heavy atom. The molecule has 7 nitrogen and oxygen atoms in total. The molecule has 0 aliphatic carbocycles. The highest BCUT2D eigenvalue weighted by molar-refractivity contribution is 7.89. The Kier molecular flexibility index (Phi) is 6.60. The van der Waals surface area contributed by atoms with E-state index in [9.17, 15) is 13.2 Å². The second-order valence-electron chi connectivity index (χ2n) is 4.58. The summed E-state index contributed by atoms with van der Waals surface area (Å²) >= 11 is 0. The predicted molar refractivity (Wildman–Crippen MR) is 80.3 cm³/mol. The molecule has 0 aliphatic heterocycles. The predicted octanol–water partition coefficient (Wildman–Crippen LogP) is -0.682. The van der Waals surface area contributed by atoms with Crippen molar-refractivity contribution in [3.63, 3.8) is 0 Å². The van der Waals surface area contributed by atoms with E-state index < -0.39 is 22.0 Å². The first-order valence-electron chi connectivity index (χ1n) is 6.62. The Morgan fingerprint density at radius 2 is 1.95 bits per heavy atom. The van der Waals surface area contributed by atoms with Crippen LogP contribution in [0.4, 0.5) is 0 Å². The molecule has 0 heterocycles. The van der Waals surface area contributed by atoms with Gasteiger partial charge in [0.05, 0.1) is 11.8 Å². The number of hydrogen-bond acceptors (Lipinski definition) is 5. The van der Waals surface area contributed by atoms with Crippen molar-refractivity contribution in [1.82, 2.24) is 10.0 Å². The number of sulfonamides is 1. The molecule has 0 aromatic heterocycles. The van der Waals surface area contributed by atoms with E-state index in [4.69, 9.17) is 10.8 Å². The minimum absolute atomic E-state index is 0.0114. The smallest absolute Gasteiger partial charge is 0.237 e. The molecule has 0 aliphatic rings. The molecule has 118 valence electrons. The first-order chi connectivity index (χ1) is 9.84. The zero-order chi connectivity index (χ0) is 15.9. The Morgan fingerprint density at radius 3 is 2.52 bits per heavy atom. The van der Waals surface area contributed by atoms with Crippen molar-refractivity contribution in [2.75, 3.05) is 18.8 Å². The van der Waals surface area contributed by atoms with E-state index >= 15 is 0 Å². The third kappa shape index (κ3) is 6.56. The van der Waals surface area contributed by atoms with Gasteiger partial charge in [-0.1, -0.05) is 19.1 Å². The van der Waals surface area contributed by atoms with Gasteiger partial charge in [-0.05, 0) is 24.1 Å². The monoisotopic (exact) mass is 315 g/mol. The van der Waals surface area contributed by atoms with Crippen LogP contribution in [-0.4, -0.2) is 44.3 Å². The lowest BCUT2D eigenvalue weighted by molar-refractivity contribution is -0.122. The highest BCUT2D eigenvalue weighted by atomic mass is 32.2. The fraction of sp³-hybridized carbons (Fsp3) is 0.462. The van der Waals surface area contributed by atoms with Crippen LogP contribution in [0, 0.1) is 0 Å². The summed E-state index contributed by atoms with van der Waals surface area (Å²) in [7, 11) is -3.35. The molecule has 0 bridgehead atoms. The Labute approximate surface area is 124 Å². The summed E-state index contributed by atoms with van der Waals surface area (Å²) in [6, 6.07) is 5.62. The van der Waals surface area contributed by atoms with Crippen molar-refractivity contribution in [2.24, 2.45) is 5.73 Å². The van der Waals surface area contributed by atoms with Gasteiger partial charge in [-0.3, -0.25) is 4.79 Å². The van der Waals surface area contributed by atoms with Crippen molar-refractivity contribution in [3.8, 4) is 5.75 Å². The molecule has 1 rings (SSSR count). The van der Waals surface area contributed by atoms with E-state index in [0.717, 1.165) is 5.56 Å². The molecular weight excluding hydrogens is 294 g/mol. The van der Waals surface area contributed by atoms with Crippen LogP contribution in [0.2, 0.25) is 0 Å². The fourth-order valence-corrected chi connectivity index (χ4v) is 2.67. The van der Waals surface area contributed by atoms with Crippen LogP contribution >= 0.6 is 0 Å². The molecule has 0 radical (unpaired) electrons. The van der Waals surface area contributed by atoms with Crippen LogP contribution in [0.3, 0.4) is 0 Å². The van der Waals surface area contributed by atoms with Crippen LogP contribution in [-0.2, 0) is 21.2 Å². The number of phenols is 1. The zero-order valence-electron chi connectivity index (χ0n) is 11.9. The van der Waals surface area contributed by atoms with Crippen LogP contribution < -0.4 is 15.8 Å². The van der Waals surface area contributed by atoms with E-state index in [1.165, 1.54) is 12.1 Å². The number of carbonyl (C=O) groups is 1. The van der Waals surface area contributed by atoms with E-state index in [1.54, 1.807) is 19.1 Å². The van der Waals surface area contributed by atoms with Crippen molar-refractivity contribution in [3.05, 3.63) is 29.8 Å². The molecular formula is C13H21N3O4S. The number of hydrogen-bond donors (Lipinski definition) is 4. The second kappa shape index (κ2) is 7.96. The normalized spacial score (nSPS) is 12.9. The first-order valence-corrected chi connectivity index (χ1v) is 8.28. The van der Waals surface area contributed by atoms with E-state index in [-0.39, 0.29) is 18.0 Å². The second-order valence-corrected chi connectivity index (χ2v) is 6.51. The van der Waals surface area contributed by atoms with Crippen LogP contribution in [0.1, 0.15) is 12.5 Å². The molecule has 21 heavy (non-hydrogen) atoms. The number of nitrogens with one attached hydrogen (secondary N) is 2. The maximum absolute atomic E-state index is 11.8. The molecule has 1 aromatic rings. The van der Waals surface area contributed by atoms with Gasteiger partial charge in [0.15, 0.2) is 0 Å². The van der Waals surface area contributed by atoms with Gasteiger partial charge in [0.2, 0.25) is 15.9 Å². The van der Waals surface area contributed by atoms with Crippen molar-refractivity contribution < 1.29 is 18.3 Å². The molecule has 5 N–H and O–H groups in total. The molecule has 8 heteroatoms. The highest BCUT2D eigenvalue weighted by Gasteiger charge is 2.15. The molecule has 0 saturated heterocycles. The van der Waals surface area contributed by atoms with Gasteiger partial charge in [-0.25, -0.2) is 13.1 Å². The van der Waals surface area contributed by atoms with Crippen LogP contribution in [0.25, 0.3) is 0 Å². The maximum atomic E-state index is 11.8. The number of carbonyl (C=O) groups excluding carboxylic acids is 1. The van der Waals surface area contributed by atoms with E-state index in [0.29, 0.717) is 13.0 Å². The standard InChI is InChI=1S/C13H21N3O4S/c1-2-16-21(19,20)8-7-15-13(18)12(14)9-10-3-5-11(17)6-4-10/h3-6,12,16-17H,2,7-9,14H2,1H3,(H,15,18)/t12-/m1/s1. The molecule has 0 spiro atoms. The molecule has 0 fully saturated rings. The average molecular weight is 315 g/mol. The lowest BCUT2D eigenvalue weighted by Gasteiger charge is -2.12. The summed E-state index contributed by atoms with van der Waals surface area (Å²) in [4.78, 5) is 11.8. The van der Waals surface area contributed by atoms with Gasteiger partial charge < -0.3 is 16.2 Å². The number of benzene rings is 1. The molecule has 1 amide bonds. The van der Waals surface area contributed by atoms with Gasteiger partial charge in [-0.15, -0.1) is 0 Å². The minimum Gasteiger partial charge on any atom is -0.508 e. The summed E-state index contributed by atoms with van der Waals surface area (Å²) in [5.74, 6) is -0.446. The SMILES string of the molecule is CCNS(=O)(=O)CCNC(=O)[C@H](N)Cc1ccc(O)cc1. The summed E-state index contributed by atoms with van der Waals surface area (Å²) in [6.45, 7) is 2.01. The lowest BCUT2D eigenvalue weighted by atomic mass is 10.1. The van der Waals surface area contributed by atoms with Gasteiger partial charge >= 0.3 is 0 Å². The topological polar surface area (TPSA) is 122 Å². The summed E-state index contributed by atoms with van der Waals surface area (Å²) in [5, 5.41) is 11.7. The summed E-state index contributed by atoms with van der Waals surface area (Å²) in [5.41, 5.74) is 6.57.